The van der Waals surface area contributed by atoms with Crippen molar-refractivity contribution < 1.29 is 38.4 Å². The molecule has 2 atom stereocenters. The van der Waals surface area contributed by atoms with Gasteiger partial charge in [0.25, 0.3) is 0 Å². The van der Waals surface area contributed by atoms with Crippen molar-refractivity contribution in [3.05, 3.63) is 104 Å². The van der Waals surface area contributed by atoms with Gasteiger partial charge in [0.15, 0.2) is 29.2 Å². The first-order valence-electron chi connectivity index (χ1n) is 15.4. The van der Waals surface area contributed by atoms with Gasteiger partial charge in [0.2, 0.25) is 0 Å². The predicted molar refractivity (Wildman–Crippen MR) is 193 cm³/mol. The van der Waals surface area contributed by atoms with Crippen LogP contribution in [0, 0.1) is 3.57 Å². The fraction of sp³-hybridized carbons (Fsp3) is 0.250. The summed E-state index contributed by atoms with van der Waals surface area (Å²) in [5, 5.41) is 22.4. The summed E-state index contributed by atoms with van der Waals surface area (Å²) in [5.74, 6) is 1.33. The second-order valence-corrected chi connectivity index (χ2v) is 12.1. The fourth-order valence-corrected chi connectivity index (χ4v) is 6.04. The molecule has 0 saturated heterocycles. The van der Waals surface area contributed by atoms with E-state index in [1.165, 1.54) is 12.5 Å². The average Bonchev–Trinajstić information content (AvgIpc) is 3.09. The Morgan fingerprint density at radius 1 is 1.00 bits per heavy atom. The van der Waals surface area contributed by atoms with Crippen molar-refractivity contribution in [3.8, 4) is 23.0 Å². The van der Waals surface area contributed by atoms with Gasteiger partial charge in [-0.05, 0) is 94.2 Å². The Kier molecular flexibility index (Phi) is 11.8. The smallest absolute Gasteiger partial charge is 0.337 e. The maximum Gasteiger partial charge on any atom is 0.337 e. The SMILES string of the molecule is CCOc1cc([C@@H]2NC(=O)NC(C)=C2C(=O)OC)ccc1OC[C@H](O)N/N=C\c1cc(I)c(OCc2ccc3ccccc3c2)c(OC)c1. The molecular formula is C36H37IN4O8. The number of nitrogens with one attached hydrogen (secondary N) is 3. The highest BCUT2D eigenvalue weighted by molar-refractivity contribution is 14.1. The van der Waals surface area contributed by atoms with Crippen LogP contribution in [0.5, 0.6) is 23.0 Å². The van der Waals surface area contributed by atoms with Crippen molar-refractivity contribution in [2.75, 3.05) is 27.4 Å². The number of esters is 1. The molecular weight excluding hydrogens is 743 g/mol. The number of hydrazone groups is 1. The quantitative estimate of drug-likeness (QED) is 0.0425. The number of amides is 2. The number of fused-ring (bicyclic) bond motifs is 1. The number of carbonyl (C=O) groups is 2. The zero-order valence-corrected chi connectivity index (χ0v) is 29.6. The van der Waals surface area contributed by atoms with E-state index in [1.54, 1.807) is 44.5 Å². The van der Waals surface area contributed by atoms with Gasteiger partial charge in [-0.1, -0.05) is 42.5 Å². The monoisotopic (exact) mass is 780 g/mol. The Morgan fingerprint density at radius 2 is 1.80 bits per heavy atom. The molecule has 0 radical (unpaired) electrons. The van der Waals surface area contributed by atoms with Crippen LogP contribution >= 0.6 is 22.6 Å². The zero-order valence-electron chi connectivity index (χ0n) is 27.4. The molecule has 1 aliphatic rings. The number of carbonyl (C=O) groups excluding carboxylic acids is 2. The summed E-state index contributed by atoms with van der Waals surface area (Å²) in [7, 11) is 2.86. The Labute approximate surface area is 297 Å². The molecule has 49 heavy (non-hydrogen) atoms. The van der Waals surface area contributed by atoms with E-state index in [2.05, 4.69) is 68.0 Å². The molecule has 0 unspecified atom stereocenters. The van der Waals surface area contributed by atoms with Crippen LogP contribution in [0.2, 0.25) is 0 Å². The molecule has 0 fully saturated rings. The van der Waals surface area contributed by atoms with Gasteiger partial charge in [0, 0.05) is 5.70 Å². The number of halogens is 1. The van der Waals surface area contributed by atoms with E-state index < -0.39 is 24.3 Å². The number of aliphatic hydroxyl groups excluding tert-OH is 1. The molecule has 12 nitrogen and oxygen atoms in total. The number of ether oxygens (including phenoxy) is 5. The van der Waals surface area contributed by atoms with Crippen LogP contribution in [0.1, 0.15) is 36.6 Å². The number of aliphatic hydroxyl groups is 1. The first-order valence-corrected chi connectivity index (χ1v) is 16.5. The molecule has 1 heterocycles. The number of allylic oxidation sites excluding steroid dienone is 1. The lowest BCUT2D eigenvalue weighted by Crippen LogP contribution is -2.45. The molecule has 13 heteroatoms. The number of benzene rings is 4. The third-order valence-electron chi connectivity index (χ3n) is 7.56. The van der Waals surface area contributed by atoms with Crippen LogP contribution in [0.3, 0.4) is 0 Å². The summed E-state index contributed by atoms with van der Waals surface area (Å²) >= 11 is 2.19. The van der Waals surface area contributed by atoms with E-state index in [-0.39, 0.29) is 12.2 Å². The lowest BCUT2D eigenvalue weighted by atomic mass is 9.95. The van der Waals surface area contributed by atoms with Gasteiger partial charge in [-0.3, -0.25) is 5.43 Å². The van der Waals surface area contributed by atoms with Gasteiger partial charge >= 0.3 is 12.0 Å². The Morgan fingerprint density at radius 3 is 2.55 bits per heavy atom. The molecule has 0 aliphatic carbocycles. The van der Waals surface area contributed by atoms with Crippen LogP contribution in [0.25, 0.3) is 10.8 Å². The normalized spacial score (nSPS) is 15.0. The average molecular weight is 781 g/mol. The maximum absolute atomic E-state index is 12.5. The van der Waals surface area contributed by atoms with Crippen molar-refractivity contribution in [2.45, 2.75) is 32.7 Å². The minimum absolute atomic E-state index is 0.157. The van der Waals surface area contributed by atoms with Crippen molar-refractivity contribution in [1.29, 1.82) is 0 Å². The van der Waals surface area contributed by atoms with Crippen LogP contribution in [0.4, 0.5) is 4.79 Å². The van der Waals surface area contributed by atoms with Crippen LogP contribution in [-0.2, 0) is 16.1 Å². The lowest BCUT2D eigenvalue weighted by Gasteiger charge is -2.28. The summed E-state index contributed by atoms with van der Waals surface area (Å²) in [6, 6.07) is 21.9. The minimum Gasteiger partial charge on any atom is -0.493 e. The van der Waals surface area contributed by atoms with Crippen molar-refractivity contribution in [2.24, 2.45) is 5.10 Å². The van der Waals surface area contributed by atoms with E-state index in [0.29, 0.717) is 47.5 Å². The van der Waals surface area contributed by atoms with E-state index in [1.807, 2.05) is 31.2 Å². The van der Waals surface area contributed by atoms with Crippen molar-refractivity contribution in [1.82, 2.24) is 16.1 Å². The molecule has 256 valence electrons. The summed E-state index contributed by atoms with van der Waals surface area (Å²) < 4.78 is 29.2. The summed E-state index contributed by atoms with van der Waals surface area (Å²) in [6.07, 6.45) is 0.402. The molecule has 1 aliphatic heterocycles. The third kappa shape index (κ3) is 8.72. The highest BCUT2D eigenvalue weighted by atomic mass is 127. The van der Waals surface area contributed by atoms with Gasteiger partial charge in [-0.15, -0.1) is 0 Å². The summed E-state index contributed by atoms with van der Waals surface area (Å²) in [6.45, 7) is 4.00. The largest absolute Gasteiger partial charge is 0.493 e. The summed E-state index contributed by atoms with van der Waals surface area (Å²) in [5.41, 5.74) is 5.68. The van der Waals surface area contributed by atoms with E-state index >= 15 is 0 Å². The Balaban J connectivity index is 1.20. The second-order valence-electron chi connectivity index (χ2n) is 10.9. The standard InChI is InChI=1S/C36H37IN4O8/c1-5-47-29-17-26(33-32(35(43)46-4)21(2)39-36(44)40-33)12-13-28(29)48-20-31(42)41-38-18-23-15-27(37)34(30(16-23)45-3)49-19-22-10-11-24-8-6-7-9-25(24)14-22/h6-18,31,33,41-42H,5,19-20H2,1-4H3,(H2,39,40,44)/b38-18-/t31-,33-/m0/s1. The highest BCUT2D eigenvalue weighted by Gasteiger charge is 2.32. The van der Waals surface area contributed by atoms with Gasteiger partial charge in [0.1, 0.15) is 13.2 Å². The molecule has 4 aromatic carbocycles. The first kappa shape index (κ1) is 35.3. The molecule has 4 N–H and O–H groups in total. The Hall–Kier alpha value is -5.02. The number of hydrogen-bond acceptors (Lipinski definition) is 10. The number of rotatable bonds is 14. The number of urea groups is 1. The van der Waals surface area contributed by atoms with Crippen molar-refractivity contribution >= 4 is 51.6 Å². The third-order valence-corrected chi connectivity index (χ3v) is 8.36. The van der Waals surface area contributed by atoms with Gasteiger partial charge < -0.3 is 39.4 Å². The Bertz CT molecular complexity index is 1900. The molecule has 5 rings (SSSR count). The number of hydrogen-bond donors (Lipinski definition) is 4. The molecule has 0 aromatic heterocycles. The molecule has 0 bridgehead atoms. The van der Waals surface area contributed by atoms with E-state index in [4.69, 9.17) is 23.7 Å². The van der Waals surface area contributed by atoms with Crippen molar-refractivity contribution in [3.63, 3.8) is 0 Å². The van der Waals surface area contributed by atoms with E-state index in [0.717, 1.165) is 20.1 Å². The first-order chi connectivity index (χ1) is 23.7. The summed E-state index contributed by atoms with van der Waals surface area (Å²) in [4.78, 5) is 24.7. The van der Waals surface area contributed by atoms with Gasteiger partial charge in [-0.25, -0.2) is 9.59 Å². The van der Waals surface area contributed by atoms with E-state index in [9.17, 15) is 14.7 Å². The molecule has 2 amide bonds. The van der Waals surface area contributed by atoms with Crippen LogP contribution in [0.15, 0.2) is 89.2 Å². The minimum atomic E-state index is -1.16. The second kappa shape index (κ2) is 16.4. The highest BCUT2D eigenvalue weighted by Crippen LogP contribution is 2.36. The van der Waals surface area contributed by atoms with Crippen LogP contribution < -0.4 is 35.0 Å². The fourth-order valence-electron chi connectivity index (χ4n) is 5.26. The predicted octanol–water partition coefficient (Wildman–Crippen LogP) is 5.55. The van der Waals surface area contributed by atoms with Crippen LogP contribution in [-0.4, -0.2) is 57.0 Å². The zero-order chi connectivity index (χ0) is 34.9. The molecule has 0 saturated carbocycles. The molecule has 0 spiro atoms. The maximum atomic E-state index is 12.5. The van der Waals surface area contributed by atoms with Gasteiger partial charge in [0.05, 0.1) is 42.2 Å². The molecule has 4 aromatic rings. The topological polar surface area (TPSA) is 149 Å². The lowest BCUT2D eigenvalue weighted by molar-refractivity contribution is -0.136. The van der Waals surface area contributed by atoms with Gasteiger partial charge in [-0.2, -0.15) is 5.10 Å². The number of methoxy groups -OCH3 is 2. The number of nitrogens with zero attached hydrogens (tertiary/aromatic N) is 1.